The Bertz CT molecular complexity index is 893. The number of aromatic nitrogens is 2. The molecular formula is C18H22N4O2S. The standard InChI is InChI=1S/C18H22N4O2S/c1-13-7-6-8-14(11-13)22-17(24)15(16(23)20-18(22)25)12-19-21-9-4-2-3-5-10-21/h6-8,11-12,24H,2-5,9-10H2,1H3,(H,20,23,25)/b19-12+. The number of benzene rings is 1. The van der Waals surface area contributed by atoms with Crippen LogP contribution >= 0.6 is 12.2 Å². The second-order valence-corrected chi connectivity index (χ2v) is 6.67. The topological polar surface area (TPSA) is 73.6 Å². The Morgan fingerprint density at radius 2 is 1.96 bits per heavy atom. The van der Waals surface area contributed by atoms with E-state index >= 15 is 0 Å². The fourth-order valence-electron chi connectivity index (χ4n) is 2.97. The highest BCUT2D eigenvalue weighted by molar-refractivity contribution is 7.71. The fraction of sp³-hybridized carbons (Fsp3) is 0.389. The molecule has 1 aliphatic rings. The number of hydrogen-bond donors (Lipinski definition) is 2. The maximum absolute atomic E-state index is 12.2. The molecule has 0 spiro atoms. The van der Waals surface area contributed by atoms with Crippen LogP contribution in [0.1, 0.15) is 36.8 Å². The molecule has 1 fully saturated rings. The molecule has 2 N–H and O–H groups in total. The predicted octanol–water partition coefficient (Wildman–Crippen LogP) is 3.12. The first kappa shape index (κ1) is 17.4. The highest BCUT2D eigenvalue weighted by Crippen LogP contribution is 2.19. The number of rotatable bonds is 3. The summed E-state index contributed by atoms with van der Waals surface area (Å²) in [6.07, 6.45) is 6.02. The summed E-state index contributed by atoms with van der Waals surface area (Å²) in [6, 6.07) is 7.56. The van der Waals surface area contributed by atoms with Crippen molar-refractivity contribution in [1.82, 2.24) is 14.6 Å². The van der Waals surface area contributed by atoms with E-state index < -0.39 is 5.56 Å². The maximum Gasteiger partial charge on any atom is 0.264 e. The predicted molar refractivity (Wildman–Crippen MR) is 101 cm³/mol. The Labute approximate surface area is 151 Å². The number of aromatic hydroxyl groups is 1. The van der Waals surface area contributed by atoms with Crippen LogP contribution in [0.15, 0.2) is 34.2 Å². The molecule has 2 aromatic rings. The van der Waals surface area contributed by atoms with Crippen LogP contribution in [0.2, 0.25) is 0 Å². The minimum Gasteiger partial charge on any atom is -0.494 e. The van der Waals surface area contributed by atoms with Crippen LogP contribution in [0.5, 0.6) is 5.88 Å². The zero-order chi connectivity index (χ0) is 17.8. The minimum absolute atomic E-state index is 0.111. The van der Waals surface area contributed by atoms with E-state index in [2.05, 4.69) is 10.1 Å². The van der Waals surface area contributed by atoms with E-state index in [1.54, 1.807) is 0 Å². The zero-order valence-electron chi connectivity index (χ0n) is 14.2. The monoisotopic (exact) mass is 358 g/mol. The summed E-state index contributed by atoms with van der Waals surface area (Å²) in [4.78, 5) is 14.9. The molecule has 7 heteroatoms. The summed E-state index contributed by atoms with van der Waals surface area (Å²) in [7, 11) is 0. The van der Waals surface area contributed by atoms with Crippen molar-refractivity contribution in [2.24, 2.45) is 5.10 Å². The number of hydrogen-bond acceptors (Lipinski definition) is 5. The summed E-state index contributed by atoms with van der Waals surface area (Å²) >= 11 is 5.23. The van der Waals surface area contributed by atoms with Gasteiger partial charge in [-0.25, -0.2) is 0 Å². The molecule has 0 radical (unpaired) electrons. The van der Waals surface area contributed by atoms with Crippen LogP contribution in [-0.2, 0) is 0 Å². The number of nitrogens with one attached hydrogen (secondary N) is 1. The van der Waals surface area contributed by atoms with Gasteiger partial charge in [-0.3, -0.25) is 19.4 Å². The van der Waals surface area contributed by atoms with Gasteiger partial charge in [0.2, 0.25) is 5.88 Å². The van der Waals surface area contributed by atoms with E-state index in [0.29, 0.717) is 5.69 Å². The largest absolute Gasteiger partial charge is 0.494 e. The van der Waals surface area contributed by atoms with E-state index in [4.69, 9.17) is 12.2 Å². The second kappa shape index (κ2) is 7.65. The molecule has 1 saturated heterocycles. The van der Waals surface area contributed by atoms with Gasteiger partial charge >= 0.3 is 0 Å². The van der Waals surface area contributed by atoms with Crippen LogP contribution in [0.25, 0.3) is 5.69 Å². The molecule has 1 aromatic carbocycles. The highest BCUT2D eigenvalue weighted by Gasteiger charge is 2.13. The Hall–Kier alpha value is -2.41. The third kappa shape index (κ3) is 3.99. The molecule has 0 saturated carbocycles. The van der Waals surface area contributed by atoms with Gasteiger partial charge in [-0.2, -0.15) is 5.10 Å². The van der Waals surface area contributed by atoms with Crippen molar-refractivity contribution in [1.29, 1.82) is 0 Å². The van der Waals surface area contributed by atoms with Gasteiger partial charge in [0.15, 0.2) is 4.77 Å². The van der Waals surface area contributed by atoms with Crippen molar-refractivity contribution in [3.05, 3.63) is 50.5 Å². The van der Waals surface area contributed by atoms with Crippen molar-refractivity contribution >= 4 is 18.4 Å². The van der Waals surface area contributed by atoms with Gasteiger partial charge in [-0.15, -0.1) is 0 Å². The zero-order valence-corrected chi connectivity index (χ0v) is 15.1. The van der Waals surface area contributed by atoms with Gasteiger partial charge in [-0.05, 0) is 49.7 Å². The SMILES string of the molecule is Cc1cccc(-n2c(O)c(/C=N/N3CCCCCC3)c(=O)[nH]c2=S)c1. The van der Waals surface area contributed by atoms with E-state index in [1.165, 1.54) is 23.6 Å². The average Bonchev–Trinajstić information content (AvgIpc) is 2.83. The number of nitrogens with zero attached hydrogens (tertiary/aromatic N) is 3. The Morgan fingerprint density at radius 1 is 1.24 bits per heavy atom. The molecule has 0 atom stereocenters. The average molecular weight is 358 g/mol. The minimum atomic E-state index is -0.440. The lowest BCUT2D eigenvalue weighted by Crippen LogP contribution is -2.21. The first-order valence-corrected chi connectivity index (χ1v) is 8.91. The molecule has 3 rings (SSSR count). The Kier molecular flexibility index (Phi) is 5.33. The van der Waals surface area contributed by atoms with Gasteiger partial charge in [-0.1, -0.05) is 25.0 Å². The molecule has 0 bridgehead atoms. The molecule has 1 aromatic heterocycles. The summed E-state index contributed by atoms with van der Waals surface area (Å²) in [5.41, 5.74) is 1.40. The van der Waals surface area contributed by atoms with Crippen molar-refractivity contribution in [2.45, 2.75) is 32.6 Å². The van der Waals surface area contributed by atoms with Crippen molar-refractivity contribution in [2.75, 3.05) is 13.1 Å². The molecule has 0 aliphatic carbocycles. The molecule has 132 valence electrons. The number of hydrazone groups is 1. The van der Waals surface area contributed by atoms with E-state index in [1.807, 2.05) is 36.2 Å². The van der Waals surface area contributed by atoms with E-state index in [-0.39, 0.29) is 16.2 Å². The fourth-order valence-corrected chi connectivity index (χ4v) is 3.25. The van der Waals surface area contributed by atoms with E-state index in [9.17, 15) is 9.90 Å². The van der Waals surface area contributed by atoms with Crippen LogP contribution in [-0.4, -0.2) is 39.0 Å². The van der Waals surface area contributed by atoms with Crippen LogP contribution in [0.3, 0.4) is 0 Å². The smallest absolute Gasteiger partial charge is 0.264 e. The highest BCUT2D eigenvalue weighted by atomic mass is 32.1. The first-order valence-electron chi connectivity index (χ1n) is 8.50. The molecule has 1 aliphatic heterocycles. The Balaban J connectivity index is 2.01. The second-order valence-electron chi connectivity index (χ2n) is 6.28. The van der Waals surface area contributed by atoms with Crippen LogP contribution < -0.4 is 5.56 Å². The number of aromatic amines is 1. The van der Waals surface area contributed by atoms with Crippen molar-refractivity contribution in [3.8, 4) is 11.6 Å². The third-order valence-corrected chi connectivity index (χ3v) is 4.60. The van der Waals surface area contributed by atoms with Crippen molar-refractivity contribution in [3.63, 3.8) is 0 Å². The molecular weight excluding hydrogens is 336 g/mol. The molecule has 2 heterocycles. The van der Waals surface area contributed by atoms with Gasteiger partial charge < -0.3 is 5.11 Å². The lowest BCUT2D eigenvalue weighted by Gasteiger charge is -2.16. The number of H-pyrrole nitrogens is 1. The van der Waals surface area contributed by atoms with Crippen LogP contribution in [0, 0.1) is 11.7 Å². The summed E-state index contributed by atoms with van der Waals surface area (Å²) in [5.74, 6) is -0.196. The van der Waals surface area contributed by atoms with Gasteiger partial charge in [0.25, 0.3) is 5.56 Å². The molecule has 0 amide bonds. The maximum atomic E-state index is 12.2. The van der Waals surface area contributed by atoms with Gasteiger partial charge in [0.1, 0.15) is 5.56 Å². The summed E-state index contributed by atoms with van der Waals surface area (Å²) < 4.78 is 1.60. The number of aryl methyl sites for hydroxylation is 1. The molecule has 6 nitrogen and oxygen atoms in total. The third-order valence-electron chi connectivity index (χ3n) is 4.31. The normalized spacial score (nSPS) is 15.5. The van der Waals surface area contributed by atoms with Crippen LogP contribution in [0.4, 0.5) is 0 Å². The summed E-state index contributed by atoms with van der Waals surface area (Å²) in [5, 5.41) is 17.0. The molecule has 25 heavy (non-hydrogen) atoms. The van der Waals surface area contributed by atoms with Crippen molar-refractivity contribution < 1.29 is 5.11 Å². The first-order chi connectivity index (χ1) is 12.1. The lowest BCUT2D eigenvalue weighted by atomic mass is 10.2. The van der Waals surface area contributed by atoms with Gasteiger partial charge in [0, 0.05) is 13.1 Å². The summed E-state index contributed by atoms with van der Waals surface area (Å²) in [6.45, 7) is 3.69. The lowest BCUT2D eigenvalue weighted by molar-refractivity contribution is 0.302. The van der Waals surface area contributed by atoms with Gasteiger partial charge in [0.05, 0.1) is 11.9 Å². The molecule has 0 unspecified atom stereocenters. The Morgan fingerprint density at radius 3 is 2.64 bits per heavy atom. The van der Waals surface area contributed by atoms with E-state index in [0.717, 1.165) is 31.5 Å². The quantitative estimate of drug-likeness (QED) is 0.653.